The lowest BCUT2D eigenvalue weighted by Crippen LogP contribution is -2.47. The van der Waals surface area contributed by atoms with Crippen molar-refractivity contribution in [2.75, 3.05) is 11.5 Å². The lowest BCUT2D eigenvalue weighted by atomic mass is 10.0. The maximum absolute atomic E-state index is 11.4. The van der Waals surface area contributed by atoms with Crippen LogP contribution in [0.3, 0.4) is 0 Å². The van der Waals surface area contributed by atoms with Crippen molar-refractivity contribution >= 4 is 27.2 Å². The zero-order chi connectivity index (χ0) is 12.4. The minimum atomic E-state index is -2.91. The van der Waals surface area contributed by atoms with Gasteiger partial charge in [-0.15, -0.1) is 0 Å². The van der Waals surface area contributed by atoms with Crippen molar-refractivity contribution in [2.45, 2.75) is 45.3 Å². The molecule has 0 radical (unpaired) electrons. The van der Waals surface area contributed by atoms with Gasteiger partial charge in [-0.3, -0.25) is 0 Å². The first-order valence-electron chi connectivity index (χ1n) is 5.45. The molecule has 0 aliphatic carbocycles. The molecule has 1 aliphatic rings. The van der Waals surface area contributed by atoms with Gasteiger partial charge in [0.25, 0.3) is 5.17 Å². The largest absolute Gasteiger partial charge is 0.468 e. The van der Waals surface area contributed by atoms with Crippen molar-refractivity contribution in [3.63, 3.8) is 0 Å². The van der Waals surface area contributed by atoms with E-state index in [1.54, 1.807) is 0 Å². The summed E-state index contributed by atoms with van der Waals surface area (Å²) in [6.07, 6.45) is 1.51. The van der Waals surface area contributed by atoms with E-state index in [4.69, 9.17) is 17.0 Å². The topological polar surface area (TPSA) is 55.4 Å². The minimum absolute atomic E-state index is 0.0570. The molecule has 0 saturated carbocycles. The Morgan fingerprint density at radius 2 is 2.25 bits per heavy atom. The van der Waals surface area contributed by atoms with Gasteiger partial charge in [-0.1, -0.05) is 6.92 Å². The van der Waals surface area contributed by atoms with Gasteiger partial charge in [-0.2, -0.15) is 0 Å². The first-order chi connectivity index (χ1) is 7.26. The van der Waals surface area contributed by atoms with Crippen LogP contribution in [0.15, 0.2) is 0 Å². The van der Waals surface area contributed by atoms with Crippen LogP contribution in [0.4, 0.5) is 0 Å². The smallest absolute Gasteiger partial charge is 0.257 e. The van der Waals surface area contributed by atoms with E-state index in [0.717, 1.165) is 6.42 Å². The fraction of sp³-hybridized carbons (Fsp3) is 0.900. The van der Waals surface area contributed by atoms with Gasteiger partial charge in [0.05, 0.1) is 23.1 Å². The van der Waals surface area contributed by atoms with Gasteiger partial charge in [0.2, 0.25) is 0 Å². The zero-order valence-corrected chi connectivity index (χ0v) is 11.6. The van der Waals surface area contributed by atoms with Crippen LogP contribution in [0, 0.1) is 0 Å². The van der Waals surface area contributed by atoms with Crippen molar-refractivity contribution in [1.82, 2.24) is 5.32 Å². The molecule has 1 saturated heterocycles. The number of sulfone groups is 1. The van der Waals surface area contributed by atoms with Crippen LogP contribution < -0.4 is 5.32 Å². The first kappa shape index (κ1) is 13.7. The molecule has 0 amide bonds. The highest BCUT2D eigenvalue weighted by Crippen LogP contribution is 2.23. The molecule has 1 aliphatic heterocycles. The summed E-state index contributed by atoms with van der Waals surface area (Å²) in [5.74, 6) is 0.354. The summed E-state index contributed by atoms with van der Waals surface area (Å²) in [5, 5.41) is 3.31. The second-order valence-electron chi connectivity index (χ2n) is 4.65. The van der Waals surface area contributed by atoms with Gasteiger partial charge in [0.1, 0.15) is 0 Å². The average Bonchev–Trinajstić information content (AvgIpc) is 2.39. The van der Waals surface area contributed by atoms with Crippen molar-refractivity contribution in [2.24, 2.45) is 0 Å². The number of thiocarbonyl (C=S) groups is 1. The van der Waals surface area contributed by atoms with E-state index in [-0.39, 0.29) is 17.6 Å². The van der Waals surface area contributed by atoms with Crippen LogP contribution >= 0.6 is 12.2 Å². The van der Waals surface area contributed by atoms with Gasteiger partial charge >= 0.3 is 0 Å². The maximum Gasteiger partial charge on any atom is 0.257 e. The predicted molar refractivity (Wildman–Crippen MR) is 68.2 cm³/mol. The predicted octanol–water partition coefficient (Wildman–Crippen LogP) is 1.25. The van der Waals surface area contributed by atoms with E-state index in [1.807, 2.05) is 20.8 Å². The van der Waals surface area contributed by atoms with Crippen LogP contribution in [0.5, 0.6) is 0 Å². The standard InChI is InChI=1S/C10H19NO3S2/c1-4-8(2)14-9(15)11-10(3)5-6-16(12,13)7-10/h8H,4-7H2,1-3H3,(H,11,15)/t8-,10-/m1/s1. The molecular formula is C10H19NO3S2. The third-order valence-electron chi connectivity index (χ3n) is 2.79. The lowest BCUT2D eigenvalue weighted by Gasteiger charge is -2.26. The monoisotopic (exact) mass is 265 g/mol. The molecule has 1 heterocycles. The molecule has 0 aromatic carbocycles. The third-order valence-corrected chi connectivity index (χ3v) is 4.89. The van der Waals surface area contributed by atoms with Gasteiger partial charge in [-0.25, -0.2) is 8.42 Å². The van der Waals surface area contributed by atoms with Crippen molar-refractivity contribution in [3.8, 4) is 0 Å². The number of nitrogens with one attached hydrogen (secondary N) is 1. The summed E-state index contributed by atoms with van der Waals surface area (Å²) in [4.78, 5) is 0. The molecule has 16 heavy (non-hydrogen) atoms. The Bertz CT molecular complexity index is 366. The van der Waals surface area contributed by atoms with Crippen molar-refractivity contribution < 1.29 is 13.2 Å². The van der Waals surface area contributed by atoms with Gasteiger partial charge in [0.15, 0.2) is 9.84 Å². The zero-order valence-electron chi connectivity index (χ0n) is 9.95. The van der Waals surface area contributed by atoms with Crippen LogP contribution in [-0.4, -0.2) is 36.7 Å². The molecule has 0 aromatic rings. The summed E-state index contributed by atoms with van der Waals surface area (Å²) in [7, 11) is -2.91. The third kappa shape index (κ3) is 3.90. The highest BCUT2D eigenvalue weighted by Gasteiger charge is 2.39. The maximum atomic E-state index is 11.4. The quantitative estimate of drug-likeness (QED) is 0.778. The molecule has 1 fully saturated rings. The van der Waals surface area contributed by atoms with Crippen molar-refractivity contribution in [1.29, 1.82) is 0 Å². The number of ether oxygens (including phenoxy) is 1. The SMILES string of the molecule is CC[C@@H](C)OC(=S)N[C@]1(C)CCS(=O)(=O)C1. The summed E-state index contributed by atoms with van der Waals surface area (Å²) in [5.41, 5.74) is -0.469. The molecule has 0 spiro atoms. The van der Waals surface area contributed by atoms with E-state index < -0.39 is 15.4 Å². The minimum Gasteiger partial charge on any atom is -0.468 e. The van der Waals surface area contributed by atoms with Crippen LogP contribution in [-0.2, 0) is 14.6 Å². The molecular weight excluding hydrogens is 246 g/mol. The molecule has 4 nitrogen and oxygen atoms in total. The Labute approximate surface area is 103 Å². The highest BCUT2D eigenvalue weighted by atomic mass is 32.2. The van der Waals surface area contributed by atoms with E-state index in [9.17, 15) is 8.42 Å². The molecule has 1 rings (SSSR count). The van der Waals surface area contributed by atoms with Crippen LogP contribution in [0.2, 0.25) is 0 Å². The average molecular weight is 265 g/mol. The summed E-state index contributed by atoms with van der Waals surface area (Å²) in [6, 6.07) is 0. The van der Waals surface area contributed by atoms with Gasteiger partial charge in [0, 0.05) is 0 Å². The summed E-state index contributed by atoms with van der Waals surface area (Å²) >= 11 is 5.05. The Morgan fingerprint density at radius 1 is 1.62 bits per heavy atom. The molecule has 1 N–H and O–H groups in total. The van der Waals surface area contributed by atoms with Gasteiger partial charge < -0.3 is 10.1 Å². The van der Waals surface area contributed by atoms with Gasteiger partial charge in [-0.05, 0) is 38.9 Å². The molecule has 2 atom stereocenters. The first-order valence-corrected chi connectivity index (χ1v) is 7.68. The second kappa shape index (κ2) is 4.87. The number of hydrogen-bond acceptors (Lipinski definition) is 4. The Morgan fingerprint density at radius 3 is 2.69 bits per heavy atom. The summed E-state index contributed by atoms with van der Waals surface area (Å²) < 4.78 is 28.2. The van der Waals surface area contributed by atoms with Crippen LogP contribution in [0.25, 0.3) is 0 Å². The molecule has 94 valence electrons. The molecule has 0 bridgehead atoms. The lowest BCUT2D eigenvalue weighted by molar-refractivity contribution is 0.193. The number of rotatable bonds is 3. The highest BCUT2D eigenvalue weighted by molar-refractivity contribution is 7.91. The van der Waals surface area contributed by atoms with E-state index in [0.29, 0.717) is 11.6 Å². The summed E-state index contributed by atoms with van der Waals surface area (Å²) in [6.45, 7) is 5.81. The Balaban J connectivity index is 2.52. The molecule has 0 unspecified atom stereocenters. The van der Waals surface area contributed by atoms with E-state index in [1.165, 1.54) is 0 Å². The van der Waals surface area contributed by atoms with Crippen molar-refractivity contribution in [3.05, 3.63) is 0 Å². The molecule has 6 heteroatoms. The normalized spacial score (nSPS) is 29.7. The van der Waals surface area contributed by atoms with E-state index in [2.05, 4.69) is 5.32 Å². The van der Waals surface area contributed by atoms with Crippen LogP contribution in [0.1, 0.15) is 33.6 Å². The molecule has 0 aromatic heterocycles. The fourth-order valence-corrected chi connectivity index (χ4v) is 4.15. The number of hydrogen-bond donors (Lipinski definition) is 1. The Hall–Kier alpha value is -0.360. The second-order valence-corrected chi connectivity index (χ2v) is 7.21. The van der Waals surface area contributed by atoms with E-state index >= 15 is 0 Å². The fourth-order valence-electron chi connectivity index (χ4n) is 1.65. The Kier molecular flexibility index (Phi) is 4.17.